The molecule has 0 aliphatic heterocycles. The number of terminal acetylenes is 1. The summed E-state index contributed by atoms with van der Waals surface area (Å²) < 4.78 is 4.92. The van der Waals surface area contributed by atoms with Gasteiger partial charge in [-0.1, -0.05) is 5.92 Å². The quantitative estimate of drug-likeness (QED) is 0.673. The summed E-state index contributed by atoms with van der Waals surface area (Å²) in [6.45, 7) is 4.06. The van der Waals surface area contributed by atoms with E-state index in [9.17, 15) is 9.59 Å². The molecule has 0 saturated heterocycles. The van der Waals surface area contributed by atoms with Crippen molar-refractivity contribution in [2.24, 2.45) is 0 Å². The first-order valence-electron chi connectivity index (χ1n) is 5.63. The molecule has 0 heterocycles. The fraction of sp³-hybridized carbons (Fsp3) is 0.667. The maximum Gasteiger partial charge on any atom is 0.323 e. The first kappa shape index (κ1) is 16.3. The fourth-order valence-electron chi connectivity index (χ4n) is 1.41. The van der Waals surface area contributed by atoms with Crippen molar-refractivity contribution in [2.45, 2.75) is 19.9 Å². The number of nitrogens with zero attached hydrogens (tertiary/aromatic N) is 2. The largest absolute Gasteiger partial charge is 0.480 e. The molecule has 102 valence electrons. The Balaban J connectivity index is 4.77. The van der Waals surface area contributed by atoms with Crippen LogP contribution in [0.5, 0.6) is 0 Å². The van der Waals surface area contributed by atoms with Gasteiger partial charge in [-0.3, -0.25) is 4.79 Å². The molecule has 0 bridgehead atoms. The Kier molecular flexibility index (Phi) is 7.56. The summed E-state index contributed by atoms with van der Waals surface area (Å²) in [7, 11) is 1.54. The molecule has 1 N–H and O–H groups in total. The monoisotopic (exact) mass is 256 g/mol. The molecule has 0 unspecified atom stereocenters. The Labute approximate surface area is 108 Å². The summed E-state index contributed by atoms with van der Waals surface area (Å²) in [6, 6.07) is -0.441. The van der Waals surface area contributed by atoms with Gasteiger partial charge < -0.3 is 19.6 Å². The van der Waals surface area contributed by atoms with Crippen LogP contribution in [0.2, 0.25) is 0 Å². The van der Waals surface area contributed by atoms with Gasteiger partial charge >= 0.3 is 12.0 Å². The number of rotatable bonds is 7. The third-order valence-corrected chi connectivity index (χ3v) is 2.28. The number of ether oxygens (including phenoxy) is 1. The van der Waals surface area contributed by atoms with Gasteiger partial charge in [0.2, 0.25) is 0 Å². The molecule has 18 heavy (non-hydrogen) atoms. The number of carboxylic acids is 1. The van der Waals surface area contributed by atoms with Crippen molar-refractivity contribution in [1.82, 2.24) is 9.80 Å². The minimum Gasteiger partial charge on any atom is -0.480 e. The predicted octanol–water partition coefficient (Wildman–Crippen LogP) is 0.483. The normalized spacial score (nSPS) is 9.94. The van der Waals surface area contributed by atoms with E-state index >= 15 is 0 Å². The van der Waals surface area contributed by atoms with Gasteiger partial charge in [-0.2, -0.15) is 0 Å². The van der Waals surface area contributed by atoms with Crippen LogP contribution < -0.4 is 0 Å². The van der Waals surface area contributed by atoms with Crippen LogP contribution in [0.3, 0.4) is 0 Å². The van der Waals surface area contributed by atoms with Crippen LogP contribution in [0.25, 0.3) is 0 Å². The first-order chi connectivity index (χ1) is 8.43. The zero-order valence-electron chi connectivity index (χ0n) is 11.0. The lowest BCUT2D eigenvalue weighted by Crippen LogP contribution is -2.49. The SMILES string of the molecule is C#CCN(CC(=O)O)C(=O)N(CCOC)C(C)C. The molecule has 0 saturated carbocycles. The van der Waals surface area contributed by atoms with Crippen molar-refractivity contribution in [2.75, 3.05) is 33.4 Å². The predicted molar refractivity (Wildman–Crippen MR) is 67.2 cm³/mol. The number of aliphatic carboxylic acids is 1. The summed E-state index contributed by atoms with van der Waals surface area (Å²) in [5, 5.41) is 8.75. The maximum absolute atomic E-state index is 12.2. The number of urea groups is 1. The van der Waals surface area contributed by atoms with E-state index in [-0.39, 0.29) is 18.6 Å². The molecular weight excluding hydrogens is 236 g/mol. The number of carboxylic acid groups (broad SMARTS) is 1. The molecule has 0 aliphatic carbocycles. The molecule has 0 fully saturated rings. The number of carbonyl (C=O) groups excluding carboxylic acids is 1. The standard InChI is InChI=1S/C12H20N2O4/c1-5-6-13(9-11(15)16)12(17)14(10(2)3)7-8-18-4/h1,10H,6-9H2,2-4H3,(H,15,16). The van der Waals surface area contributed by atoms with E-state index in [4.69, 9.17) is 16.3 Å². The van der Waals surface area contributed by atoms with Crippen molar-refractivity contribution in [3.63, 3.8) is 0 Å². The molecule has 0 radical (unpaired) electrons. The molecule has 0 spiro atoms. The second kappa shape index (κ2) is 8.37. The van der Waals surface area contributed by atoms with Crippen molar-refractivity contribution >= 4 is 12.0 Å². The third kappa shape index (κ3) is 5.55. The molecule has 0 atom stereocenters. The minimum atomic E-state index is -1.09. The van der Waals surface area contributed by atoms with Crippen molar-refractivity contribution in [3.05, 3.63) is 0 Å². The molecule has 0 aromatic rings. The van der Waals surface area contributed by atoms with E-state index in [1.165, 1.54) is 4.90 Å². The van der Waals surface area contributed by atoms with Gasteiger partial charge in [0.15, 0.2) is 0 Å². The summed E-state index contributed by atoms with van der Waals surface area (Å²) in [5.74, 6) is 1.20. The maximum atomic E-state index is 12.2. The number of hydrogen-bond donors (Lipinski definition) is 1. The molecule has 0 aliphatic rings. The van der Waals surface area contributed by atoms with Gasteiger partial charge in [0, 0.05) is 19.7 Å². The Morgan fingerprint density at radius 1 is 1.44 bits per heavy atom. The average Bonchev–Trinajstić information content (AvgIpc) is 2.27. The van der Waals surface area contributed by atoms with E-state index in [1.807, 2.05) is 13.8 Å². The second-order valence-electron chi connectivity index (χ2n) is 4.02. The van der Waals surface area contributed by atoms with Crippen molar-refractivity contribution in [3.8, 4) is 12.3 Å². The van der Waals surface area contributed by atoms with Crippen molar-refractivity contribution < 1.29 is 19.4 Å². The van der Waals surface area contributed by atoms with Gasteiger partial charge in [-0.25, -0.2) is 4.79 Å². The highest BCUT2D eigenvalue weighted by Gasteiger charge is 2.23. The fourth-order valence-corrected chi connectivity index (χ4v) is 1.41. The van der Waals surface area contributed by atoms with Crippen LogP contribution in [0, 0.1) is 12.3 Å². The Morgan fingerprint density at radius 2 is 2.06 bits per heavy atom. The zero-order chi connectivity index (χ0) is 14.1. The molecule has 0 aromatic carbocycles. The van der Waals surface area contributed by atoms with Crippen LogP contribution in [0.1, 0.15) is 13.8 Å². The molecule has 0 aromatic heterocycles. The third-order valence-electron chi connectivity index (χ3n) is 2.28. The lowest BCUT2D eigenvalue weighted by molar-refractivity contribution is -0.137. The Morgan fingerprint density at radius 3 is 2.44 bits per heavy atom. The van der Waals surface area contributed by atoms with E-state index in [2.05, 4.69) is 5.92 Å². The van der Waals surface area contributed by atoms with Crippen LogP contribution in [-0.2, 0) is 9.53 Å². The molecule has 6 heteroatoms. The van der Waals surface area contributed by atoms with E-state index < -0.39 is 12.5 Å². The smallest absolute Gasteiger partial charge is 0.323 e. The van der Waals surface area contributed by atoms with Gasteiger partial charge in [-0.05, 0) is 13.8 Å². The van der Waals surface area contributed by atoms with Gasteiger partial charge in [0.1, 0.15) is 6.54 Å². The highest BCUT2D eigenvalue weighted by molar-refractivity contribution is 5.80. The summed E-state index contributed by atoms with van der Waals surface area (Å²) in [4.78, 5) is 25.5. The van der Waals surface area contributed by atoms with Crippen LogP contribution in [0.4, 0.5) is 4.79 Å². The van der Waals surface area contributed by atoms with Crippen LogP contribution in [0.15, 0.2) is 0 Å². The van der Waals surface area contributed by atoms with Crippen molar-refractivity contribution in [1.29, 1.82) is 0 Å². The number of carbonyl (C=O) groups is 2. The zero-order valence-corrected chi connectivity index (χ0v) is 11.0. The molecule has 0 rings (SSSR count). The Hall–Kier alpha value is -1.74. The van der Waals surface area contributed by atoms with Crippen LogP contribution in [-0.4, -0.2) is 66.3 Å². The van der Waals surface area contributed by atoms with E-state index in [0.717, 1.165) is 4.90 Å². The highest BCUT2D eigenvalue weighted by Crippen LogP contribution is 2.04. The number of amides is 2. The topological polar surface area (TPSA) is 70.1 Å². The average molecular weight is 256 g/mol. The van der Waals surface area contributed by atoms with E-state index in [1.54, 1.807) is 7.11 Å². The number of methoxy groups -OCH3 is 1. The lowest BCUT2D eigenvalue weighted by atomic mass is 10.3. The summed E-state index contributed by atoms with van der Waals surface area (Å²) >= 11 is 0. The van der Waals surface area contributed by atoms with Gasteiger partial charge in [0.05, 0.1) is 13.2 Å². The minimum absolute atomic E-state index is 0.0265. The molecule has 6 nitrogen and oxygen atoms in total. The lowest BCUT2D eigenvalue weighted by Gasteiger charge is -2.31. The first-order valence-corrected chi connectivity index (χ1v) is 5.63. The van der Waals surface area contributed by atoms with E-state index in [0.29, 0.717) is 13.2 Å². The molecule has 2 amide bonds. The Bertz CT molecular complexity index is 323. The summed E-state index contributed by atoms with van der Waals surface area (Å²) in [5.41, 5.74) is 0. The highest BCUT2D eigenvalue weighted by atomic mass is 16.5. The summed E-state index contributed by atoms with van der Waals surface area (Å²) in [6.07, 6.45) is 5.14. The second-order valence-corrected chi connectivity index (χ2v) is 4.02. The number of hydrogen-bond acceptors (Lipinski definition) is 3. The van der Waals surface area contributed by atoms with Gasteiger partial charge in [0.25, 0.3) is 0 Å². The molecular formula is C12H20N2O4. The van der Waals surface area contributed by atoms with Gasteiger partial charge in [-0.15, -0.1) is 6.42 Å². The van der Waals surface area contributed by atoms with Crippen LogP contribution >= 0.6 is 0 Å².